The van der Waals surface area contributed by atoms with Crippen LogP contribution >= 0.6 is 23.5 Å². The third-order valence-electron chi connectivity index (χ3n) is 5.33. The van der Waals surface area contributed by atoms with Crippen LogP contribution in [0.3, 0.4) is 0 Å². The number of hydrogen-bond donors (Lipinski definition) is 1. The normalized spacial score (nSPS) is 14.7. The van der Waals surface area contributed by atoms with Crippen LogP contribution in [0, 0.1) is 5.92 Å². The van der Waals surface area contributed by atoms with E-state index in [0.717, 1.165) is 54.2 Å². The molecular formula is C22H27N5O2S2. The number of carbonyl (C=O) groups excluding carboxylic acids is 1. The quantitative estimate of drug-likeness (QED) is 0.503. The number of likely N-dealkylation sites (tertiary alicyclic amines) is 1. The summed E-state index contributed by atoms with van der Waals surface area (Å²) >= 11 is 3.48. The van der Waals surface area contributed by atoms with Gasteiger partial charge in [0.15, 0.2) is 10.3 Å². The largest absolute Gasteiger partial charge is 0.415 e. The second kappa shape index (κ2) is 10.8. The number of thioether (sulfide) groups is 2. The minimum Gasteiger partial charge on any atom is -0.410 e. The highest BCUT2D eigenvalue weighted by Gasteiger charge is 2.24. The molecule has 1 aromatic carbocycles. The number of aryl methyl sites for hydroxylation is 2. The van der Waals surface area contributed by atoms with Crippen molar-refractivity contribution in [1.82, 2.24) is 24.4 Å². The fourth-order valence-corrected chi connectivity index (χ4v) is 5.38. The van der Waals surface area contributed by atoms with E-state index < -0.39 is 0 Å². The van der Waals surface area contributed by atoms with E-state index in [0.29, 0.717) is 11.7 Å². The molecule has 0 aliphatic carbocycles. The van der Waals surface area contributed by atoms with Crippen molar-refractivity contribution < 1.29 is 9.53 Å². The second-order valence-electron chi connectivity index (χ2n) is 7.57. The summed E-state index contributed by atoms with van der Waals surface area (Å²) in [7, 11) is 2.00. The van der Waals surface area contributed by atoms with Crippen molar-refractivity contribution in [1.29, 1.82) is 0 Å². The molecule has 4 rings (SSSR count). The highest BCUT2D eigenvalue weighted by Crippen LogP contribution is 2.25. The first-order valence-electron chi connectivity index (χ1n) is 10.5. The number of hydrogen-bond acceptors (Lipinski definition) is 6. The Morgan fingerprint density at radius 3 is 2.65 bits per heavy atom. The lowest BCUT2D eigenvalue weighted by molar-refractivity contribution is 0.134. The zero-order chi connectivity index (χ0) is 21.5. The minimum atomic E-state index is -0.254. The molecule has 1 saturated heterocycles. The minimum absolute atomic E-state index is 0.254. The van der Waals surface area contributed by atoms with Gasteiger partial charge >= 0.3 is 6.09 Å². The Bertz CT molecular complexity index is 951. The van der Waals surface area contributed by atoms with Crippen LogP contribution in [0.2, 0.25) is 0 Å². The van der Waals surface area contributed by atoms with Gasteiger partial charge in [0.25, 0.3) is 0 Å². The van der Waals surface area contributed by atoms with Gasteiger partial charge in [0.1, 0.15) is 5.75 Å². The number of nitrogens with zero attached hydrogens (tertiary/aromatic N) is 4. The Hall–Kier alpha value is -2.39. The topological polar surface area (TPSA) is 76.0 Å². The standard InChI is InChI=1S/C22H27N5O2S2/c1-26-14-11-25-21(26)30-15-8-17-2-4-19(5-3-17)29-22(28)27-12-6-18(7-13-27)16-31-20-23-9-10-24-20/h2-5,9-11,14,18H,6-8,12-13,15-16H2,1H3,(H,23,24). The molecule has 0 spiro atoms. The van der Waals surface area contributed by atoms with Crippen molar-refractivity contribution in [3.05, 3.63) is 54.6 Å². The van der Waals surface area contributed by atoms with Gasteiger partial charge in [-0.25, -0.2) is 14.8 Å². The van der Waals surface area contributed by atoms with Gasteiger partial charge in [-0.3, -0.25) is 0 Å². The van der Waals surface area contributed by atoms with Crippen LogP contribution in [0.15, 0.2) is 59.4 Å². The first-order chi connectivity index (χ1) is 15.2. The molecule has 164 valence electrons. The molecule has 31 heavy (non-hydrogen) atoms. The number of amides is 1. The summed E-state index contributed by atoms with van der Waals surface area (Å²) in [4.78, 5) is 26.0. The lowest BCUT2D eigenvalue weighted by Gasteiger charge is -2.30. The first-order valence-corrected chi connectivity index (χ1v) is 12.4. The van der Waals surface area contributed by atoms with Crippen molar-refractivity contribution >= 4 is 29.6 Å². The summed E-state index contributed by atoms with van der Waals surface area (Å²) in [6.07, 6.45) is 10.1. The molecule has 1 amide bonds. The number of nitrogens with one attached hydrogen (secondary N) is 1. The van der Waals surface area contributed by atoms with Crippen LogP contribution in [0.5, 0.6) is 5.75 Å². The van der Waals surface area contributed by atoms with Gasteiger partial charge in [-0.15, -0.1) is 0 Å². The number of H-pyrrole nitrogens is 1. The Balaban J connectivity index is 1.17. The van der Waals surface area contributed by atoms with Crippen molar-refractivity contribution in [2.24, 2.45) is 13.0 Å². The molecule has 1 N–H and O–H groups in total. The molecule has 1 aliphatic heterocycles. The average Bonchev–Trinajstić information content (AvgIpc) is 3.46. The summed E-state index contributed by atoms with van der Waals surface area (Å²) in [5, 5.41) is 1.98. The van der Waals surface area contributed by atoms with E-state index in [9.17, 15) is 4.79 Å². The number of carbonyl (C=O) groups is 1. The molecule has 0 saturated carbocycles. The van der Waals surface area contributed by atoms with Gasteiger partial charge in [-0.2, -0.15) is 0 Å². The van der Waals surface area contributed by atoms with E-state index in [4.69, 9.17) is 4.74 Å². The maximum atomic E-state index is 12.5. The van der Waals surface area contributed by atoms with Gasteiger partial charge < -0.3 is 19.2 Å². The van der Waals surface area contributed by atoms with Gasteiger partial charge in [0.05, 0.1) is 0 Å². The zero-order valence-corrected chi connectivity index (χ0v) is 19.2. The molecule has 9 heteroatoms. The van der Waals surface area contributed by atoms with Crippen molar-refractivity contribution in [2.45, 2.75) is 29.6 Å². The molecule has 1 aliphatic rings. The molecule has 0 radical (unpaired) electrons. The predicted molar refractivity (Wildman–Crippen MR) is 124 cm³/mol. The van der Waals surface area contributed by atoms with Gasteiger partial charge in [-0.05, 0) is 42.9 Å². The predicted octanol–water partition coefficient (Wildman–Crippen LogP) is 4.48. The molecular weight excluding hydrogens is 430 g/mol. The number of rotatable bonds is 8. The van der Waals surface area contributed by atoms with Crippen molar-refractivity contribution in [3.8, 4) is 5.75 Å². The number of aromatic amines is 1. The number of benzene rings is 1. The zero-order valence-electron chi connectivity index (χ0n) is 17.6. The number of piperidine rings is 1. The molecule has 2 aromatic heterocycles. The Morgan fingerprint density at radius 1 is 1.16 bits per heavy atom. The van der Waals surface area contributed by atoms with Crippen LogP contribution < -0.4 is 4.74 Å². The van der Waals surface area contributed by atoms with Crippen LogP contribution in [0.25, 0.3) is 0 Å². The summed E-state index contributed by atoms with van der Waals surface area (Å²) in [6.45, 7) is 1.48. The maximum Gasteiger partial charge on any atom is 0.415 e. The molecule has 0 bridgehead atoms. The molecule has 0 atom stereocenters. The molecule has 3 heterocycles. The fourth-order valence-electron chi connectivity index (χ4n) is 3.45. The molecule has 3 aromatic rings. The van der Waals surface area contributed by atoms with E-state index in [1.807, 2.05) is 59.4 Å². The van der Waals surface area contributed by atoms with E-state index in [1.54, 1.807) is 29.7 Å². The monoisotopic (exact) mass is 457 g/mol. The van der Waals surface area contributed by atoms with Crippen molar-refractivity contribution in [3.63, 3.8) is 0 Å². The summed E-state index contributed by atoms with van der Waals surface area (Å²) < 4.78 is 7.61. The smallest absolute Gasteiger partial charge is 0.410 e. The molecule has 7 nitrogen and oxygen atoms in total. The molecule has 0 unspecified atom stereocenters. The maximum absolute atomic E-state index is 12.5. The first kappa shape index (κ1) is 21.8. The molecule has 1 fully saturated rings. The summed E-state index contributed by atoms with van der Waals surface area (Å²) in [6, 6.07) is 7.82. The van der Waals surface area contributed by atoms with Gasteiger partial charge in [0.2, 0.25) is 0 Å². The fraction of sp³-hybridized carbons (Fsp3) is 0.409. The number of imidazole rings is 2. The number of aromatic nitrogens is 4. The van der Waals surface area contributed by atoms with E-state index in [-0.39, 0.29) is 6.09 Å². The van der Waals surface area contributed by atoms with Crippen LogP contribution in [0.4, 0.5) is 4.79 Å². The average molecular weight is 458 g/mol. The second-order valence-corrected chi connectivity index (χ2v) is 9.64. The van der Waals surface area contributed by atoms with Crippen LogP contribution in [-0.4, -0.2) is 55.1 Å². The summed E-state index contributed by atoms with van der Waals surface area (Å²) in [5.41, 5.74) is 1.22. The van der Waals surface area contributed by atoms with Gasteiger partial charge in [0, 0.05) is 56.4 Å². The van der Waals surface area contributed by atoms with Crippen LogP contribution in [-0.2, 0) is 13.5 Å². The van der Waals surface area contributed by atoms with E-state index >= 15 is 0 Å². The van der Waals surface area contributed by atoms with E-state index in [1.165, 1.54) is 5.56 Å². The SMILES string of the molecule is Cn1ccnc1SCCc1ccc(OC(=O)N2CCC(CSc3ncc[nH]3)CC2)cc1. The third kappa shape index (κ3) is 6.30. The highest BCUT2D eigenvalue weighted by atomic mass is 32.2. The number of ether oxygens (including phenoxy) is 1. The van der Waals surface area contributed by atoms with E-state index in [2.05, 4.69) is 15.0 Å². The lowest BCUT2D eigenvalue weighted by atomic mass is 9.99. The third-order valence-corrected chi connectivity index (χ3v) is 7.52. The van der Waals surface area contributed by atoms with Crippen molar-refractivity contribution in [2.75, 3.05) is 24.6 Å². The lowest BCUT2D eigenvalue weighted by Crippen LogP contribution is -2.40. The van der Waals surface area contributed by atoms with Gasteiger partial charge in [-0.1, -0.05) is 35.7 Å². The Morgan fingerprint density at radius 2 is 1.97 bits per heavy atom. The Labute approximate surface area is 191 Å². The summed E-state index contributed by atoms with van der Waals surface area (Å²) in [5.74, 6) is 3.18. The highest BCUT2D eigenvalue weighted by molar-refractivity contribution is 7.99. The van der Waals surface area contributed by atoms with Crippen LogP contribution in [0.1, 0.15) is 18.4 Å². The Kier molecular flexibility index (Phi) is 7.58.